The van der Waals surface area contributed by atoms with E-state index in [0.29, 0.717) is 12.4 Å². The first kappa shape index (κ1) is 13.6. The number of carbonyl (C=O) groups excluding carboxylic acids is 1. The number of amides is 1. The fraction of sp³-hybridized carbons (Fsp3) is 0.467. The monoisotopic (exact) mass is 259 g/mol. The Hall–Kier alpha value is -1.84. The van der Waals surface area contributed by atoms with Crippen LogP contribution >= 0.6 is 0 Å². The van der Waals surface area contributed by atoms with E-state index in [1.54, 1.807) is 7.05 Å². The van der Waals surface area contributed by atoms with Gasteiger partial charge in [0.15, 0.2) is 5.96 Å². The summed E-state index contributed by atoms with van der Waals surface area (Å²) in [5.41, 5.74) is 6.50. The molecule has 19 heavy (non-hydrogen) atoms. The Morgan fingerprint density at radius 1 is 1.37 bits per heavy atom. The van der Waals surface area contributed by atoms with Crippen LogP contribution in [-0.2, 0) is 10.3 Å². The van der Waals surface area contributed by atoms with Crippen LogP contribution in [0.3, 0.4) is 0 Å². The Morgan fingerprint density at radius 3 is 2.63 bits per heavy atom. The van der Waals surface area contributed by atoms with Crippen LogP contribution in [0.2, 0.25) is 0 Å². The van der Waals surface area contributed by atoms with Gasteiger partial charge in [-0.3, -0.25) is 9.69 Å². The zero-order chi connectivity index (χ0) is 13.9. The van der Waals surface area contributed by atoms with Crippen molar-refractivity contribution in [3.63, 3.8) is 0 Å². The van der Waals surface area contributed by atoms with Crippen molar-refractivity contribution < 1.29 is 4.79 Å². The number of benzene rings is 1. The van der Waals surface area contributed by atoms with Gasteiger partial charge in [0.25, 0.3) is 0 Å². The summed E-state index contributed by atoms with van der Waals surface area (Å²) in [6, 6.07) is 10.0. The minimum absolute atomic E-state index is 0.0347. The predicted octanol–water partition coefficient (Wildman–Crippen LogP) is 2.25. The van der Waals surface area contributed by atoms with Crippen molar-refractivity contribution in [2.75, 3.05) is 7.05 Å². The number of hydrogen-bond donors (Lipinski definition) is 1. The van der Waals surface area contributed by atoms with Crippen LogP contribution < -0.4 is 5.73 Å². The van der Waals surface area contributed by atoms with Gasteiger partial charge in [-0.05, 0) is 12.0 Å². The molecule has 2 rings (SSSR count). The Labute approximate surface area is 114 Å². The minimum Gasteiger partial charge on any atom is -0.369 e. The Bertz CT molecular complexity index is 483. The highest BCUT2D eigenvalue weighted by atomic mass is 16.2. The maximum absolute atomic E-state index is 12.1. The average Bonchev–Trinajstić information content (AvgIpc) is 2.43. The van der Waals surface area contributed by atoms with E-state index in [-0.39, 0.29) is 5.91 Å². The first-order valence-electron chi connectivity index (χ1n) is 6.76. The summed E-state index contributed by atoms with van der Waals surface area (Å²) < 4.78 is 0. The maximum atomic E-state index is 12.1. The van der Waals surface area contributed by atoms with Crippen molar-refractivity contribution in [2.24, 2.45) is 10.7 Å². The maximum Gasteiger partial charge on any atom is 0.231 e. The van der Waals surface area contributed by atoms with E-state index >= 15 is 0 Å². The number of nitrogens with zero attached hydrogens (tertiary/aromatic N) is 2. The van der Waals surface area contributed by atoms with Crippen LogP contribution in [0.4, 0.5) is 0 Å². The molecule has 0 bridgehead atoms. The fourth-order valence-corrected chi connectivity index (χ4v) is 2.50. The molecule has 0 unspecified atom stereocenters. The minimum atomic E-state index is -0.481. The summed E-state index contributed by atoms with van der Waals surface area (Å²) in [6.07, 6.45) is 3.36. The summed E-state index contributed by atoms with van der Waals surface area (Å²) in [6.45, 7) is 2.14. The zero-order valence-corrected chi connectivity index (χ0v) is 11.6. The smallest absolute Gasteiger partial charge is 0.231 e. The lowest BCUT2D eigenvalue weighted by molar-refractivity contribution is -0.128. The van der Waals surface area contributed by atoms with E-state index in [9.17, 15) is 4.79 Å². The van der Waals surface area contributed by atoms with Gasteiger partial charge in [-0.15, -0.1) is 0 Å². The highest BCUT2D eigenvalue weighted by Gasteiger charge is 2.39. The molecular formula is C15H21N3O. The third kappa shape index (κ3) is 2.62. The fourth-order valence-electron chi connectivity index (χ4n) is 2.50. The first-order valence-corrected chi connectivity index (χ1v) is 6.76. The Kier molecular flexibility index (Phi) is 3.88. The Balaban J connectivity index is 2.44. The molecule has 0 saturated heterocycles. The summed E-state index contributed by atoms with van der Waals surface area (Å²) in [7, 11) is 1.68. The summed E-state index contributed by atoms with van der Waals surface area (Å²) in [4.78, 5) is 18.2. The van der Waals surface area contributed by atoms with E-state index in [1.165, 1.54) is 4.90 Å². The van der Waals surface area contributed by atoms with Gasteiger partial charge in [0, 0.05) is 7.05 Å². The van der Waals surface area contributed by atoms with E-state index in [4.69, 9.17) is 5.73 Å². The third-order valence-corrected chi connectivity index (χ3v) is 3.75. The van der Waals surface area contributed by atoms with Gasteiger partial charge in [-0.25, -0.2) is 4.99 Å². The van der Waals surface area contributed by atoms with Crippen molar-refractivity contribution in [1.29, 1.82) is 0 Å². The summed E-state index contributed by atoms with van der Waals surface area (Å²) in [5, 5.41) is 0. The number of aliphatic imine (C=N–C) groups is 1. The standard InChI is InChI=1S/C15H21N3O/c1-3-4-10-15(12-8-6-5-7-9-12)11-13(19)18(2)14(16)17-15/h5-9H,3-4,10-11H2,1-2H3,(H2,16,17)/t15-/m0/s1. The van der Waals surface area contributed by atoms with Crippen molar-refractivity contribution >= 4 is 11.9 Å². The molecule has 1 aromatic rings. The molecule has 1 atom stereocenters. The predicted molar refractivity (Wildman–Crippen MR) is 76.7 cm³/mol. The molecule has 0 radical (unpaired) electrons. The lowest BCUT2D eigenvalue weighted by Gasteiger charge is -2.36. The van der Waals surface area contributed by atoms with Crippen molar-refractivity contribution in [3.8, 4) is 0 Å². The molecule has 0 fully saturated rings. The number of hydrogen-bond acceptors (Lipinski definition) is 3. The number of carbonyl (C=O) groups is 1. The van der Waals surface area contributed by atoms with Gasteiger partial charge < -0.3 is 5.73 Å². The molecule has 0 aromatic heterocycles. The average molecular weight is 259 g/mol. The molecule has 102 valence electrons. The van der Waals surface area contributed by atoms with Crippen molar-refractivity contribution in [1.82, 2.24) is 4.90 Å². The van der Waals surface area contributed by atoms with Gasteiger partial charge in [0.2, 0.25) is 5.91 Å². The highest BCUT2D eigenvalue weighted by molar-refractivity contribution is 5.98. The molecule has 1 heterocycles. The topological polar surface area (TPSA) is 58.7 Å². The first-order chi connectivity index (χ1) is 9.09. The molecule has 0 spiro atoms. The van der Waals surface area contributed by atoms with Gasteiger partial charge >= 0.3 is 0 Å². The van der Waals surface area contributed by atoms with Crippen molar-refractivity contribution in [3.05, 3.63) is 35.9 Å². The lowest BCUT2D eigenvalue weighted by Crippen LogP contribution is -2.48. The molecule has 0 aliphatic carbocycles. The quantitative estimate of drug-likeness (QED) is 0.901. The number of rotatable bonds is 4. The molecular weight excluding hydrogens is 238 g/mol. The van der Waals surface area contributed by atoms with Crippen molar-refractivity contribution in [2.45, 2.75) is 38.1 Å². The molecule has 4 nitrogen and oxygen atoms in total. The van der Waals surface area contributed by atoms with Crippen LogP contribution in [0.15, 0.2) is 35.3 Å². The lowest BCUT2D eigenvalue weighted by atomic mass is 9.81. The second-order valence-electron chi connectivity index (χ2n) is 5.10. The molecule has 1 aromatic carbocycles. The van der Waals surface area contributed by atoms with E-state index in [1.807, 2.05) is 30.3 Å². The largest absolute Gasteiger partial charge is 0.369 e. The van der Waals surface area contributed by atoms with Crippen LogP contribution in [0, 0.1) is 0 Å². The van der Waals surface area contributed by atoms with E-state index in [0.717, 1.165) is 24.8 Å². The normalized spacial score (nSPS) is 23.4. The van der Waals surface area contributed by atoms with Crippen LogP contribution in [0.5, 0.6) is 0 Å². The molecule has 4 heteroatoms. The van der Waals surface area contributed by atoms with Gasteiger partial charge in [-0.1, -0.05) is 50.1 Å². The number of guanidine groups is 1. The molecule has 1 amide bonds. The molecule has 0 saturated carbocycles. The van der Waals surface area contributed by atoms with Crippen LogP contribution in [0.25, 0.3) is 0 Å². The van der Waals surface area contributed by atoms with Crippen LogP contribution in [0.1, 0.15) is 38.2 Å². The molecule has 2 N–H and O–H groups in total. The number of unbranched alkanes of at least 4 members (excludes halogenated alkanes) is 1. The third-order valence-electron chi connectivity index (χ3n) is 3.75. The molecule has 1 aliphatic heterocycles. The second-order valence-corrected chi connectivity index (χ2v) is 5.10. The second kappa shape index (κ2) is 5.43. The van der Waals surface area contributed by atoms with Gasteiger partial charge in [0.05, 0.1) is 12.0 Å². The summed E-state index contributed by atoms with van der Waals surface area (Å²) in [5.74, 6) is 0.351. The molecule has 1 aliphatic rings. The van der Waals surface area contributed by atoms with Crippen LogP contribution in [-0.4, -0.2) is 23.8 Å². The summed E-state index contributed by atoms with van der Waals surface area (Å²) >= 11 is 0. The van der Waals surface area contributed by atoms with Gasteiger partial charge in [-0.2, -0.15) is 0 Å². The SMILES string of the molecule is CCCC[C@@]1(c2ccccc2)CC(=O)N(C)C(N)=N1. The Morgan fingerprint density at radius 2 is 2.05 bits per heavy atom. The highest BCUT2D eigenvalue weighted by Crippen LogP contribution is 2.37. The zero-order valence-electron chi connectivity index (χ0n) is 11.6. The van der Waals surface area contributed by atoms with Gasteiger partial charge in [0.1, 0.15) is 0 Å². The van der Waals surface area contributed by atoms with E-state index < -0.39 is 5.54 Å². The number of nitrogens with two attached hydrogens (primary N) is 1. The van der Waals surface area contributed by atoms with E-state index in [2.05, 4.69) is 11.9 Å².